The quantitative estimate of drug-likeness (QED) is 0.767. The number of aryl methyl sites for hydroxylation is 1. The van der Waals surface area contributed by atoms with Crippen LogP contribution >= 0.6 is 0 Å². The van der Waals surface area contributed by atoms with Gasteiger partial charge in [-0.2, -0.15) is 0 Å². The summed E-state index contributed by atoms with van der Waals surface area (Å²) < 4.78 is 0. The van der Waals surface area contributed by atoms with Gasteiger partial charge in [0.25, 0.3) is 0 Å². The summed E-state index contributed by atoms with van der Waals surface area (Å²) in [4.78, 5) is 25.6. The van der Waals surface area contributed by atoms with Gasteiger partial charge in [0.05, 0.1) is 6.04 Å². The number of hydrogen-bond donors (Lipinski definition) is 2. The molecule has 114 valence electrons. The summed E-state index contributed by atoms with van der Waals surface area (Å²) in [6, 6.07) is 8.17. The fraction of sp³-hybridized carbons (Fsp3) is 0.500. The van der Waals surface area contributed by atoms with Gasteiger partial charge in [0.1, 0.15) is 5.41 Å². The van der Waals surface area contributed by atoms with Crippen LogP contribution < -0.4 is 11.1 Å². The Morgan fingerprint density at radius 1 is 1.33 bits per heavy atom. The first-order valence-corrected chi connectivity index (χ1v) is 7.18. The number of likely N-dealkylation sites (N-methyl/N-ethyl adjacent to an activating group) is 1. The monoisotopic (exact) mass is 289 g/mol. The molecule has 0 aliphatic heterocycles. The summed E-state index contributed by atoms with van der Waals surface area (Å²) in [5.41, 5.74) is 6.72. The predicted octanol–water partition coefficient (Wildman–Crippen LogP) is 0.979. The lowest BCUT2D eigenvalue weighted by molar-refractivity contribution is -0.135. The summed E-state index contributed by atoms with van der Waals surface area (Å²) >= 11 is 0. The fourth-order valence-corrected chi connectivity index (χ4v) is 2.60. The minimum absolute atomic E-state index is 0.0684. The number of nitrogens with one attached hydrogen (secondary N) is 1. The second-order valence-corrected chi connectivity index (χ2v) is 5.99. The van der Waals surface area contributed by atoms with Crippen LogP contribution in [0.15, 0.2) is 24.3 Å². The van der Waals surface area contributed by atoms with Crippen LogP contribution in [0.4, 0.5) is 0 Å². The maximum absolute atomic E-state index is 12.2. The summed E-state index contributed by atoms with van der Waals surface area (Å²) in [5, 5.41) is 2.89. The van der Waals surface area contributed by atoms with Crippen molar-refractivity contribution in [2.75, 3.05) is 20.6 Å². The molecule has 0 heterocycles. The highest BCUT2D eigenvalue weighted by atomic mass is 16.2. The number of rotatable bonds is 6. The summed E-state index contributed by atoms with van der Waals surface area (Å²) in [6.45, 7) is 2.52. The van der Waals surface area contributed by atoms with Crippen LogP contribution in [-0.4, -0.2) is 37.4 Å². The Kier molecular flexibility index (Phi) is 4.32. The van der Waals surface area contributed by atoms with E-state index in [0.717, 1.165) is 0 Å². The minimum Gasteiger partial charge on any atom is -0.369 e. The molecule has 1 unspecified atom stereocenters. The van der Waals surface area contributed by atoms with Gasteiger partial charge in [0.2, 0.25) is 11.8 Å². The first-order valence-electron chi connectivity index (χ1n) is 7.18. The van der Waals surface area contributed by atoms with E-state index in [-0.39, 0.29) is 11.9 Å². The van der Waals surface area contributed by atoms with Crippen molar-refractivity contribution < 1.29 is 9.59 Å². The summed E-state index contributed by atoms with van der Waals surface area (Å²) in [6.07, 6.45) is 1.12. The van der Waals surface area contributed by atoms with Gasteiger partial charge in [-0.3, -0.25) is 9.59 Å². The van der Waals surface area contributed by atoms with Crippen LogP contribution in [0.1, 0.15) is 30.0 Å². The molecule has 1 saturated carbocycles. The standard InChI is InChI=1S/C16H23N3O2/c1-11-6-4-5-7-12(11)13(19(2)3)10-18-15(21)16(8-9-16)14(17)20/h4-7,13H,8-10H2,1-3H3,(H2,17,20)(H,18,21). The average Bonchev–Trinajstić information content (AvgIpc) is 3.22. The van der Waals surface area contributed by atoms with E-state index < -0.39 is 11.3 Å². The number of carbonyl (C=O) groups excluding carboxylic acids is 2. The Morgan fingerprint density at radius 2 is 1.95 bits per heavy atom. The molecule has 5 nitrogen and oxygen atoms in total. The van der Waals surface area contributed by atoms with Crippen LogP contribution in [-0.2, 0) is 9.59 Å². The Labute approximate surface area is 125 Å². The molecule has 3 N–H and O–H groups in total. The van der Waals surface area contributed by atoms with E-state index in [0.29, 0.717) is 19.4 Å². The third kappa shape index (κ3) is 3.08. The minimum atomic E-state index is -0.956. The van der Waals surface area contributed by atoms with Crippen LogP contribution in [0.5, 0.6) is 0 Å². The molecule has 1 fully saturated rings. The highest BCUT2D eigenvalue weighted by Gasteiger charge is 2.55. The second-order valence-electron chi connectivity index (χ2n) is 5.99. The highest BCUT2D eigenvalue weighted by molar-refractivity contribution is 6.07. The lowest BCUT2D eigenvalue weighted by Gasteiger charge is -2.27. The number of hydrogen-bond acceptors (Lipinski definition) is 3. The Balaban J connectivity index is 2.07. The largest absolute Gasteiger partial charge is 0.369 e. The normalized spacial score (nSPS) is 17.3. The maximum atomic E-state index is 12.2. The third-order valence-electron chi connectivity index (χ3n) is 4.28. The van der Waals surface area contributed by atoms with Crippen molar-refractivity contribution in [3.05, 3.63) is 35.4 Å². The van der Waals surface area contributed by atoms with Gasteiger partial charge in [-0.25, -0.2) is 0 Å². The lowest BCUT2D eigenvalue weighted by Crippen LogP contribution is -2.43. The van der Waals surface area contributed by atoms with Gasteiger partial charge in [0, 0.05) is 6.54 Å². The Hall–Kier alpha value is -1.88. The molecule has 0 saturated heterocycles. The number of benzene rings is 1. The van der Waals surface area contributed by atoms with Gasteiger partial charge < -0.3 is 16.0 Å². The van der Waals surface area contributed by atoms with Crippen molar-refractivity contribution in [2.24, 2.45) is 11.1 Å². The number of primary amides is 1. The van der Waals surface area contributed by atoms with Crippen molar-refractivity contribution in [2.45, 2.75) is 25.8 Å². The average molecular weight is 289 g/mol. The first kappa shape index (κ1) is 15.5. The van der Waals surface area contributed by atoms with Crippen molar-refractivity contribution in [3.8, 4) is 0 Å². The van der Waals surface area contributed by atoms with E-state index in [1.165, 1.54) is 11.1 Å². The SMILES string of the molecule is Cc1ccccc1C(CNC(=O)C1(C(N)=O)CC1)N(C)C. The number of nitrogens with two attached hydrogens (primary N) is 1. The Morgan fingerprint density at radius 3 is 2.43 bits per heavy atom. The smallest absolute Gasteiger partial charge is 0.235 e. The van der Waals surface area contributed by atoms with Crippen LogP contribution in [0.3, 0.4) is 0 Å². The summed E-state index contributed by atoms with van der Waals surface area (Å²) in [7, 11) is 3.95. The molecule has 1 atom stereocenters. The third-order valence-corrected chi connectivity index (χ3v) is 4.28. The van der Waals surface area contributed by atoms with Crippen molar-refractivity contribution in [3.63, 3.8) is 0 Å². The molecule has 0 aromatic heterocycles. The zero-order valence-electron chi connectivity index (χ0n) is 12.8. The summed E-state index contributed by atoms with van der Waals surface area (Å²) in [5.74, 6) is -0.757. The molecule has 1 aliphatic carbocycles. The van der Waals surface area contributed by atoms with Gasteiger partial charge in [-0.1, -0.05) is 24.3 Å². The predicted molar refractivity (Wildman–Crippen MR) is 81.5 cm³/mol. The van der Waals surface area contributed by atoms with Gasteiger partial charge >= 0.3 is 0 Å². The van der Waals surface area contributed by atoms with Crippen molar-refractivity contribution in [1.82, 2.24) is 10.2 Å². The molecular weight excluding hydrogens is 266 g/mol. The Bertz CT molecular complexity index is 550. The van der Waals surface area contributed by atoms with E-state index in [1.807, 2.05) is 26.2 Å². The zero-order chi connectivity index (χ0) is 15.6. The first-order chi connectivity index (χ1) is 9.88. The van der Waals surface area contributed by atoms with Crippen LogP contribution in [0.25, 0.3) is 0 Å². The van der Waals surface area contributed by atoms with Crippen LogP contribution in [0, 0.1) is 12.3 Å². The highest BCUT2D eigenvalue weighted by Crippen LogP contribution is 2.45. The molecule has 5 heteroatoms. The van der Waals surface area contributed by atoms with E-state index in [1.54, 1.807) is 0 Å². The second kappa shape index (κ2) is 5.85. The maximum Gasteiger partial charge on any atom is 0.235 e. The molecule has 1 aromatic carbocycles. The zero-order valence-corrected chi connectivity index (χ0v) is 12.8. The van der Waals surface area contributed by atoms with Gasteiger partial charge in [0.15, 0.2) is 0 Å². The van der Waals surface area contributed by atoms with Gasteiger partial charge in [-0.05, 0) is 45.0 Å². The number of amides is 2. The molecule has 2 amide bonds. The molecule has 21 heavy (non-hydrogen) atoms. The molecule has 1 aliphatic rings. The van der Waals surface area contributed by atoms with E-state index in [4.69, 9.17) is 5.73 Å². The van der Waals surface area contributed by atoms with Crippen molar-refractivity contribution in [1.29, 1.82) is 0 Å². The number of nitrogens with zero attached hydrogens (tertiary/aromatic N) is 1. The van der Waals surface area contributed by atoms with E-state index in [2.05, 4.69) is 29.3 Å². The van der Waals surface area contributed by atoms with Crippen LogP contribution in [0.2, 0.25) is 0 Å². The van der Waals surface area contributed by atoms with Crippen molar-refractivity contribution >= 4 is 11.8 Å². The van der Waals surface area contributed by atoms with Gasteiger partial charge in [-0.15, -0.1) is 0 Å². The molecule has 0 radical (unpaired) electrons. The fourth-order valence-electron chi connectivity index (χ4n) is 2.60. The lowest BCUT2D eigenvalue weighted by atomic mass is 9.99. The van der Waals surface area contributed by atoms with E-state index >= 15 is 0 Å². The molecule has 0 spiro atoms. The molecule has 1 aromatic rings. The topological polar surface area (TPSA) is 75.4 Å². The van der Waals surface area contributed by atoms with E-state index in [9.17, 15) is 9.59 Å². The molecule has 2 rings (SSSR count). The number of carbonyl (C=O) groups is 2. The molecular formula is C16H23N3O2. The molecule has 0 bridgehead atoms.